The first kappa shape index (κ1) is 12.6. The Kier molecular flexibility index (Phi) is 4.39. The van der Waals surface area contributed by atoms with Crippen molar-refractivity contribution in [1.29, 1.82) is 0 Å². The predicted octanol–water partition coefficient (Wildman–Crippen LogP) is 1.63. The van der Waals surface area contributed by atoms with E-state index in [1.165, 1.54) is 6.07 Å². The summed E-state index contributed by atoms with van der Waals surface area (Å²) in [6.07, 6.45) is -0.467. The second kappa shape index (κ2) is 5.58. The molecule has 1 rings (SSSR count). The van der Waals surface area contributed by atoms with Gasteiger partial charge in [0.2, 0.25) is 0 Å². The molecule has 0 bridgehead atoms. The van der Waals surface area contributed by atoms with Crippen LogP contribution in [0.3, 0.4) is 0 Å². The van der Waals surface area contributed by atoms with Crippen LogP contribution in [-0.4, -0.2) is 22.7 Å². The molecule has 1 aromatic carbocycles. The second-order valence-corrected chi connectivity index (χ2v) is 3.79. The van der Waals surface area contributed by atoms with Crippen LogP contribution in [-0.2, 0) is 0 Å². The van der Waals surface area contributed by atoms with Gasteiger partial charge in [0, 0.05) is 24.2 Å². The molecule has 0 fully saturated rings. The van der Waals surface area contributed by atoms with Crippen molar-refractivity contribution in [3.05, 3.63) is 39.9 Å². The van der Waals surface area contributed by atoms with Crippen molar-refractivity contribution in [3.63, 3.8) is 0 Å². The van der Waals surface area contributed by atoms with E-state index in [9.17, 15) is 10.1 Å². The van der Waals surface area contributed by atoms with Gasteiger partial charge in [0.15, 0.2) is 0 Å². The van der Waals surface area contributed by atoms with E-state index < -0.39 is 11.0 Å². The molecule has 0 saturated heterocycles. The smallest absolute Gasteiger partial charge is 0.274 e. The van der Waals surface area contributed by atoms with Gasteiger partial charge in [0.1, 0.15) is 0 Å². The largest absolute Gasteiger partial charge is 0.392 e. The van der Waals surface area contributed by atoms with Crippen molar-refractivity contribution in [2.45, 2.75) is 26.0 Å². The number of para-hydroxylation sites is 1. The molecule has 0 spiro atoms. The van der Waals surface area contributed by atoms with Crippen LogP contribution in [0.25, 0.3) is 0 Å². The first-order chi connectivity index (χ1) is 7.52. The van der Waals surface area contributed by atoms with E-state index in [1.807, 2.05) is 6.92 Å². The highest BCUT2D eigenvalue weighted by Gasteiger charge is 2.17. The number of nitro benzene ring substituents is 1. The molecule has 0 aliphatic rings. The molecule has 1 unspecified atom stereocenters. The lowest BCUT2D eigenvalue weighted by Gasteiger charge is -2.15. The van der Waals surface area contributed by atoms with E-state index >= 15 is 0 Å². The molecule has 0 aliphatic heterocycles. The minimum atomic E-state index is -0.467. The van der Waals surface area contributed by atoms with Crippen molar-refractivity contribution in [3.8, 4) is 0 Å². The maximum Gasteiger partial charge on any atom is 0.274 e. The lowest BCUT2D eigenvalue weighted by atomic mass is 10.1. The van der Waals surface area contributed by atoms with Crippen LogP contribution < -0.4 is 5.32 Å². The third-order valence-corrected chi connectivity index (χ3v) is 2.32. The van der Waals surface area contributed by atoms with Crippen LogP contribution >= 0.6 is 0 Å². The highest BCUT2D eigenvalue weighted by molar-refractivity contribution is 5.41. The van der Waals surface area contributed by atoms with Crippen LogP contribution in [0.5, 0.6) is 0 Å². The molecule has 2 atom stereocenters. The average molecular weight is 224 g/mol. The summed E-state index contributed by atoms with van der Waals surface area (Å²) in [5, 5.41) is 23.0. The predicted molar refractivity (Wildman–Crippen MR) is 61.2 cm³/mol. The van der Waals surface area contributed by atoms with Gasteiger partial charge in [0.25, 0.3) is 5.69 Å². The standard InChI is InChI=1S/C11H16N2O3/c1-8(14)7-12-9(2)10-5-3-4-6-11(10)13(15)16/h3-6,8-9,12,14H,7H2,1-2H3/t8-,9?/m1/s1. The summed E-state index contributed by atoms with van der Waals surface area (Å²) < 4.78 is 0. The van der Waals surface area contributed by atoms with Gasteiger partial charge in [0.05, 0.1) is 11.0 Å². The highest BCUT2D eigenvalue weighted by Crippen LogP contribution is 2.24. The van der Waals surface area contributed by atoms with Crippen molar-refractivity contribution in [1.82, 2.24) is 5.32 Å². The van der Waals surface area contributed by atoms with Gasteiger partial charge >= 0.3 is 0 Å². The molecule has 5 nitrogen and oxygen atoms in total. The third kappa shape index (κ3) is 3.29. The Balaban J connectivity index is 2.82. The normalized spacial score (nSPS) is 14.4. The molecule has 0 aromatic heterocycles. The van der Waals surface area contributed by atoms with Crippen molar-refractivity contribution >= 4 is 5.69 Å². The molecule has 5 heteroatoms. The molecule has 0 saturated carbocycles. The van der Waals surface area contributed by atoms with Crippen LogP contribution in [0.15, 0.2) is 24.3 Å². The van der Waals surface area contributed by atoms with Gasteiger partial charge in [-0.15, -0.1) is 0 Å². The second-order valence-electron chi connectivity index (χ2n) is 3.79. The number of hydrogen-bond donors (Lipinski definition) is 2. The monoisotopic (exact) mass is 224 g/mol. The Morgan fingerprint density at radius 3 is 2.62 bits per heavy atom. The molecule has 16 heavy (non-hydrogen) atoms. The summed E-state index contributed by atoms with van der Waals surface area (Å²) in [6.45, 7) is 3.91. The van der Waals surface area contributed by atoms with Crippen LogP contribution in [0.2, 0.25) is 0 Å². The number of rotatable bonds is 5. The average Bonchev–Trinajstić information content (AvgIpc) is 2.25. The van der Waals surface area contributed by atoms with Gasteiger partial charge < -0.3 is 10.4 Å². The zero-order valence-corrected chi connectivity index (χ0v) is 9.38. The molecular formula is C11H16N2O3. The SMILES string of the molecule is CC(NC[C@@H](C)O)c1ccccc1[N+](=O)[O-]. The van der Waals surface area contributed by atoms with Crippen molar-refractivity contribution in [2.75, 3.05) is 6.54 Å². The highest BCUT2D eigenvalue weighted by atomic mass is 16.6. The fourth-order valence-corrected chi connectivity index (χ4v) is 1.48. The topological polar surface area (TPSA) is 75.4 Å². The number of aliphatic hydroxyl groups excluding tert-OH is 1. The minimum Gasteiger partial charge on any atom is -0.392 e. The van der Waals surface area contributed by atoms with Crippen LogP contribution in [0.4, 0.5) is 5.69 Å². The van der Waals surface area contributed by atoms with Gasteiger partial charge in [-0.25, -0.2) is 0 Å². The molecular weight excluding hydrogens is 208 g/mol. The summed E-state index contributed by atoms with van der Waals surface area (Å²) in [6, 6.07) is 6.45. The maximum atomic E-state index is 10.8. The van der Waals surface area contributed by atoms with E-state index in [1.54, 1.807) is 25.1 Å². The quantitative estimate of drug-likeness (QED) is 0.588. The van der Waals surface area contributed by atoms with Crippen LogP contribution in [0.1, 0.15) is 25.5 Å². The fourth-order valence-electron chi connectivity index (χ4n) is 1.48. The van der Waals surface area contributed by atoms with Crippen molar-refractivity contribution in [2.24, 2.45) is 0 Å². The number of nitro groups is 1. The Bertz CT molecular complexity index is 366. The third-order valence-electron chi connectivity index (χ3n) is 2.32. The fraction of sp³-hybridized carbons (Fsp3) is 0.455. The number of nitrogens with zero attached hydrogens (tertiary/aromatic N) is 1. The summed E-state index contributed by atoms with van der Waals surface area (Å²) in [5.74, 6) is 0. The molecule has 1 aromatic rings. The Labute approximate surface area is 94.3 Å². The number of nitrogens with one attached hydrogen (secondary N) is 1. The zero-order valence-electron chi connectivity index (χ0n) is 9.38. The molecule has 0 amide bonds. The molecule has 0 aliphatic carbocycles. The first-order valence-electron chi connectivity index (χ1n) is 5.17. The minimum absolute atomic E-state index is 0.105. The first-order valence-corrected chi connectivity index (χ1v) is 5.17. The van der Waals surface area contributed by atoms with E-state index in [2.05, 4.69) is 5.32 Å². The van der Waals surface area contributed by atoms with Crippen molar-refractivity contribution < 1.29 is 10.0 Å². The lowest BCUT2D eigenvalue weighted by Crippen LogP contribution is -2.27. The molecule has 88 valence electrons. The molecule has 0 radical (unpaired) electrons. The lowest BCUT2D eigenvalue weighted by molar-refractivity contribution is -0.385. The Morgan fingerprint density at radius 2 is 2.06 bits per heavy atom. The zero-order chi connectivity index (χ0) is 12.1. The van der Waals surface area contributed by atoms with Gasteiger partial charge in [-0.2, -0.15) is 0 Å². The van der Waals surface area contributed by atoms with Gasteiger partial charge in [-0.3, -0.25) is 10.1 Å². The molecule has 0 heterocycles. The number of hydrogen-bond acceptors (Lipinski definition) is 4. The summed E-state index contributed by atoms with van der Waals surface area (Å²) in [5.41, 5.74) is 0.737. The van der Waals surface area contributed by atoms with E-state index in [4.69, 9.17) is 5.11 Å². The number of benzene rings is 1. The Morgan fingerprint density at radius 1 is 1.44 bits per heavy atom. The van der Waals surface area contributed by atoms with Crippen LogP contribution in [0, 0.1) is 10.1 Å². The van der Waals surface area contributed by atoms with E-state index in [0.29, 0.717) is 12.1 Å². The molecule has 2 N–H and O–H groups in total. The van der Waals surface area contributed by atoms with Gasteiger partial charge in [-0.1, -0.05) is 18.2 Å². The van der Waals surface area contributed by atoms with E-state index in [-0.39, 0.29) is 11.7 Å². The maximum absolute atomic E-state index is 10.8. The Hall–Kier alpha value is -1.46. The summed E-state index contributed by atoms with van der Waals surface area (Å²) in [7, 11) is 0. The van der Waals surface area contributed by atoms with E-state index in [0.717, 1.165) is 0 Å². The van der Waals surface area contributed by atoms with Gasteiger partial charge in [-0.05, 0) is 13.8 Å². The number of aliphatic hydroxyl groups is 1. The summed E-state index contributed by atoms with van der Waals surface area (Å²) >= 11 is 0. The summed E-state index contributed by atoms with van der Waals surface area (Å²) in [4.78, 5) is 10.4.